The van der Waals surface area contributed by atoms with Crippen LogP contribution < -0.4 is 4.74 Å². The van der Waals surface area contributed by atoms with Gasteiger partial charge in [-0.15, -0.1) is 0 Å². The van der Waals surface area contributed by atoms with Crippen molar-refractivity contribution in [2.45, 2.75) is 39.0 Å². The van der Waals surface area contributed by atoms with E-state index < -0.39 is 5.97 Å². The summed E-state index contributed by atoms with van der Waals surface area (Å²) in [6, 6.07) is 14.3. The Bertz CT molecular complexity index is 817. The molecule has 2 aromatic carbocycles. The number of nitrogens with one attached hydrogen (secondary N) is 1. The molecule has 0 aliphatic rings. The molecule has 0 saturated carbocycles. The molecule has 0 fully saturated rings. The van der Waals surface area contributed by atoms with E-state index in [4.69, 9.17) is 15.3 Å². The average molecular weight is 383 g/mol. The molecule has 0 aromatic heterocycles. The Morgan fingerprint density at radius 3 is 2.54 bits per heavy atom. The van der Waals surface area contributed by atoms with Crippen LogP contribution in [0, 0.1) is 5.41 Å². The van der Waals surface area contributed by atoms with Crippen molar-refractivity contribution in [3.05, 3.63) is 53.6 Å². The predicted octanol–water partition coefficient (Wildman–Crippen LogP) is 4.63. The van der Waals surface area contributed by atoms with Crippen molar-refractivity contribution in [3.63, 3.8) is 0 Å². The molecule has 0 unspecified atom stereocenters. The van der Waals surface area contributed by atoms with Crippen molar-refractivity contribution in [1.29, 1.82) is 5.41 Å². The average Bonchev–Trinajstić information content (AvgIpc) is 2.71. The van der Waals surface area contributed by atoms with E-state index in [1.807, 2.05) is 30.1 Å². The fourth-order valence-electron chi connectivity index (χ4n) is 3.14. The minimum Gasteiger partial charge on any atom is -0.496 e. The second kappa shape index (κ2) is 10.5. The molecule has 0 bridgehead atoms. The van der Waals surface area contributed by atoms with Gasteiger partial charge in [-0.3, -0.25) is 10.2 Å². The monoisotopic (exact) mass is 382 g/mol. The standard InChI is InChI=1S/C23H30N2O3/c1-4-25(2)22(24)10-6-8-17-7-5-9-18(15-17)19-11-13-21(28-3)20(16-19)12-14-23(26)27/h5,7,9,11,13,15-16,24H,4,6,8,10,12,14H2,1-3H3,(H,26,27). The van der Waals surface area contributed by atoms with Crippen molar-refractivity contribution in [2.24, 2.45) is 0 Å². The highest BCUT2D eigenvalue weighted by molar-refractivity contribution is 5.78. The minimum absolute atomic E-state index is 0.0814. The molecule has 0 spiro atoms. The lowest BCUT2D eigenvalue weighted by molar-refractivity contribution is -0.136. The first kappa shape index (κ1) is 21.5. The van der Waals surface area contributed by atoms with Crippen LogP contribution in [0.3, 0.4) is 0 Å². The van der Waals surface area contributed by atoms with Gasteiger partial charge in [-0.1, -0.05) is 30.3 Å². The Hall–Kier alpha value is -2.82. The molecule has 150 valence electrons. The lowest BCUT2D eigenvalue weighted by atomic mass is 9.97. The molecule has 0 saturated heterocycles. The third kappa shape index (κ3) is 6.12. The second-order valence-corrected chi connectivity index (χ2v) is 6.94. The highest BCUT2D eigenvalue weighted by Gasteiger charge is 2.09. The highest BCUT2D eigenvalue weighted by Crippen LogP contribution is 2.28. The molecule has 0 aliphatic heterocycles. The van der Waals surface area contributed by atoms with Gasteiger partial charge >= 0.3 is 5.97 Å². The van der Waals surface area contributed by atoms with Crippen LogP contribution in [0.15, 0.2) is 42.5 Å². The molecule has 0 radical (unpaired) electrons. The number of carbonyl (C=O) groups is 1. The van der Waals surface area contributed by atoms with Crippen LogP contribution in [0.4, 0.5) is 0 Å². The first-order valence-electron chi connectivity index (χ1n) is 9.71. The molecule has 5 heteroatoms. The third-order valence-corrected chi connectivity index (χ3v) is 4.96. The van der Waals surface area contributed by atoms with E-state index in [1.165, 1.54) is 5.56 Å². The smallest absolute Gasteiger partial charge is 0.303 e. The van der Waals surface area contributed by atoms with E-state index in [2.05, 4.69) is 31.2 Å². The van der Waals surface area contributed by atoms with Gasteiger partial charge in [0, 0.05) is 26.4 Å². The normalized spacial score (nSPS) is 10.5. The number of aliphatic carboxylic acids is 1. The van der Waals surface area contributed by atoms with Gasteiger partial charge in [0.05, 0.1) is 12.9 Å². The van der Waals surface area contributed by atoms with Crippen molar-refractivity contribution in [2.75, 3.05) is 20.7 Å². The summed E-state index contributed by atoms with van der Waals surface area (Å²) in [6.45, 7) is 2.91. The number of carboxylic acids is 1. The summed E-state index contributed by atoms with van der Waals surface area (Å²) in [4.78, 5) is 12.9. The summed E-state index contributed by atoms with van der Waals surface area (Å²) >= 11 is 0. The molecule has 2 N–H and O–H groups in total. The SMILES string of the molecule is CCN(C)C(=N)CCCc1cccc(-c2ccc(OC)c(CCC(=O)O)c2)c1. The zero-order valence-corrected chi connectivity index (χ0v) is 17.0. The van der Waals surface area contributed by atoms with E-state index in [0.29, 0.717) is 12.3 Å². The van der Waals surface area contributed by atoms with Crippen molar-refractivity contribution in [1.82, 2.24) is 4.90 Å². The van der Waals surface area contributed by atoms with Crippen LogP contribution in [-0.4, -0.2) is 42.5 Å². The van der Waals surface area contributed by atoms with Crippen LogP contribution in [0.2, 0.25) is 0 Å². The summed E-state index contributed by atoms with van der Waals surface area (Å²) in [5.41, 5.74) is 4.31. The number of rotatable bonds is 10. The van der Waals surface area contributed by atoms with Crippen LogP contribution in [0.1, 0.15) is 37.3 Å². The number of hydrogen-bond donors (Lipinski definition) is 2. The van der Waals surface area contributed by atoms with E-state index in [-0.39, 0.29) is 6.42 Å². The largest absolute Gasteiger partial charge is 0.496 e. The predicted molar refractivity (Wildman–Crippen MR) is 113 cm³/mol. The fourth-order valence-corrected chi connectivity index (χ4v) is 3.14. The minimum atomic E-state index is -0.811. The van der Waals surface area contributed by atoms with Crippen LogP contribution >= 0.6 is 0 Å². The molecule has 0 aliphatic carbocycles. The first-order chi connectivity index (χ1) is 13.4. The number of nitrogens with zero attached hydrogens (tertiary/aromatic N) is 1. The topological polar surface area (TPSA) is 73.6 Å². The van der Waals surface area contributed by atoms with E-state index >= 15 is 0 Å². The Morgan fingerprint density at radius 2 is 1.86 bits per heavy atom. The Balaban J connectivity index is 2.11. The molecule has 5 nitrogen and oxygen atoms in total. The van der Waals surface area contributed by atoms with Gasteiger partial charge in [0.15, 0.2) is 0 Å². The highest BCUT2D eigenvalue weighted by atomic mass is 16.5. The number of amidine groups is 1. The summed E-state index contributed by atoms with van der Waals surface area (Å²) < 4.78 is 5.38. The molecular formula is C23H30N2O3. The van der Waals surface area contributed by atoms with Crippen LogP contribution in [0.5, 0.6) is 5.75 Å². The first-order valence-corrected chi connectivity index (χ1v) is 9.71. The number of carboxylic acid groups (broad SMARTS) is 1. The Labute approximate surface area is 167 Å². The molecule has 2 rings (SSSR count). The molecule has 0 amide bonds. The van der Waals surface area contributed by atoms with Crippen molar-refractivity contribution < 1.29 is 14.6 Å². The zero-order valence-electron chi connectivity index (χ0n) is 17.0. The number of hydrogen-bond acceptors (Lipinski definition) is 3. The molecule has 28 heavy (non-hydrogen) atoms. The van der Waals surface area contributed by atoms with Crippen LogP contribution in [-0.2, 0) is 17.6 Å². The quantitative estimate of drug-likeness (QED) is 0.464. The van der Waals surface area contributed by atoms with Gasteiger partial charge in [0.1, 0.15) is 5.75 Å². The summed E-state index contributed by atoms with van der Waals surface area (Å²) in [6.07, 6.45) is 3.17. The maximum atomic E-state index is 10.9. The van der Waals surface area contributed by atoms with E-state index in [1.54, 1.807) is 7.11 Å². The van der Waals surface area contributed by atoms with Gasteiger partial charge in [-0.25, -0.2) is 0 Å². The maximum absolute atomic E-state index is 10.9. The van der Waals surface area contributed by atoms with E-state index in [0.717, 1.165) is 48.2 Å². The number of methoxy groups -OCH3 is 1. The summed E-state index contributed by atoms with van der Waals surface area (Å²) in [5, 5.41) is 17.0. The lowest BCUT2D eigenvalue weighted by Gasteiger charge is -2.17. The second-order valence-electron chi connectivity index (χ2n) is 6.94. The Morgan fingerprint density at radius 1 is 1.11 bits per heavy atom. The van der Waals surface area contributed by atoms with Crippen LogP contribution in [0.25, 0.3) is 11.1 Å². The summed E-state index contributed by atoms with van der Waals surface area (Å²) in [5.74, 6) is 0.588. The Kier molecular flexibility index (Phi) is 8.05. The zero-order chi connectivity index (χ0) is 20.5. The number of ether oxygens (including phenoxy) is 1. The van der Waals surface area contributed by atoms with E-state index in [9.17, 15) is 4.79 Å². The summed E-state index contributed by atoms with van der Waals surface area (Å²) in [7, 11) is 3.56. The van der Waals surface area contributed by atoms with Gasteiger partial charge in [-0.05, 0) is 60.6 Å². The van der Waals surface area contributed by atoms with Gasteiger partial charge in [0.25, 0.3) is 0 Å². The molecule has 0 heterocycles. The molecule has 0 atom stereocenters. The van der Waals surface area contributed by atoms with Crippen molar-refractivity contribution in [3.8, 4) is 16.9 Å². The fraction of sp³-hybridized carbons (Fsp3) is 0.391. The van der Waals surface area contributed by atoms with Gasteiger partial charge in [-0.2, -0.15) is 0 Å². The molecule has 2 aromatic rings. The van der Waals surface area contributed by atoms with Crippen molar-refractivity contribution >= 4 is 11.8 Å². The maximum Gasteiger partial charge on any atom is 0.303 e. The number of benzene rings is 2. The van der Waals surface area contributed by atoms with Gasteiger partial charge in [0.2, 0.25) is 0 Å². The molecular weight excluding hydrogens is 352 g/mol. The lowest BCUT2D eigenvalue weighted by Crippen LogP contribution is -2.25. The number of aryl methyl sites for hydroxylation is 2. The van der Waals surface area contributed by atoms with Gasteiger partial charge < -0.3 is 14.7 Å². The third-order valence-electron chi connectivity index (χ3n) is 4.96.